The van der Waals surface area contributed by atoms with Crippen LogP contribution < -0.4 is 4.90 Å². The van der Waals surface area contributed by atoms with Crippen LogP contribution in [0.1, 0.15) is 31.7 Å². The average molecular weight is 302 g/mol. The smallest absolute Gasteiger partial charge is 0.320 e. The zero-order valence-electron chi connectivity index (χ0n) is 13.4. The standard InChI is InChI=1S/C18H26N2O2/c1-2-16(18(21)22)19-10-7-14(8-11-19)13-20-12-9-15-5-3-4-6-17(15)20/h3-6,14,16H,2,7-13H2,1H3,(H,21,22). The molecule has 1 unspecified atom stereocenters. The van der Waals surface area contributed by atoms with Crippen LogP contribution in [-0.4, -0.2) is 48.2 Å². The lowest BCUT2D eigenvalue weighted by Crippen LogP contribution is -2.46. The molecule has 0 aliphatic carbocycles. The minimum absolute atomic E-state index is 0.298. The summed E-state index contributed by atoms with van der Waals surface area (Å²) in [6.07, 6.45) is 4.08. The second kappa shape index (κ2) is 6.69. The molecule has 1 N–H and O–H groups in total. The summed E-state index contributed by atoms with van der Waals surface area (Å²) in [7, 11) is 0. The third-order valence-electron chi connectivity index (χ3n) is 5.22. The number of piperidine rings is 1. The molecule has 1 fully saturated rings. The number of anilines is 1. The molecule has 0 amide bonds. The van der Waals surface area contributed by atoms with Crippen molar-refractivity contribution >= 4 is 11.7 Å². The molecule has 3 rings (SSSR count). The number of carboxylic acids is 1. The van der Waals surface area contributed by atoms with Gasteiger partial charge in [0.25, 0.3) is 0 Å². The predicted octanol–water partition coefficient (Wildman–Crippen LogP) is 2.62. The fourth-order valence-corrected chi connectivity index (χ4v) is 3.94. The molecule has 1 atom stereocenters. The predicted molar refractivity (Wildman–Crippen MR) is 88.4 cm³/mol. The van der Waals surface area contributed by atoms with E-state index in [1.54, 1.807) is 0 Å². The van der Waals surface area contributed by atoms with Gasteiger partial charge in [0.2, 0.25) is 0 Å². The van der Waals surface area contributed by atoms with Gasteiger partial charge in [0.1, 0.15) is 6.04 Å². The van der Waals surface area contributed by atoms with Crippen molar-refractivity contribution in [2.45, 2.75) is 38.6 Å². The normalized spacial score (nSPS) is 20.9. The molecule has 0 saturated carbocycles. The molecule has 0 spiro atoms. The van der Waals surface area contributed by atoms with Gasteiger partial charge in [0.15, 0.2) is 0 Å². The number of aliphatic carboxylic acids is 1. The summed E-state index contributed by atoms with van der Waals surface area (Å²) in [5.74, 6) is 0.0168. The quantitative estimate of drug-likeness (QED) is 0.908. The Morgan fingerprint density at radius 2 is 2.00 bits per heavy atom. The van der Waals surface area contributed by atoms with Crippen LogP contribution in [0.5, 0.6) is 0 Å². The molecule has 0 radical (unpaired) electrons. The van der Waals surface area contributed by atoms with E-state index in [1.807, 2.05) is 6.92 Å². The van der Waals surface area contributed by atoms with Crippen molar-refractivity contribution in [1.82, 2.24) is 4.90 Å². The number of para-hydroxylation sites is 1. The first kappa shape index (κ1) is 15.3. The van der Waals surface area contributed by atoms with E-state index in [-0.39, 0.29) is 6.04 Å². The summed E-state index contributed by atoms with van der Waals surface area (Å²) in [6, 6.07) is 8.41. The lowest BCUT2D eigenvalue weighted by molar-refractivity contribution is -0.144. The van der Waals surface area contributed by atoms with E-state index in [2.05, 4.69) is 34.1 Å². The molecule has 2 heterocycles. The van der Waals surface area contributed by atoms with Crippen molar-refractivity contribution in [2.24, 2.45) is 5.92 Å². The zero-order valence-corrected chi connectivity index (χ0v) is 13.4. The minimum atomic E-state index is -0.672. The van der Waals surface area contributed by atoms with Crippen LogP contribution in [0.3, 0.4) is 0 Å². The largest absolute Gasteiger partial charge is 0.480 e. The maximum absolute atomic E-state index is 11.3. The van der Waals surface area contributed by atoms with Crippen LogP contribution in [0.25, 0.3) is 0 Å². The Hall–Kier alpha value is -1.55. The summed E-state index contributed by atoms with van der Waals surface area (Å²) in [6.45, 7) is 6.06. The average Bonchev–Trinajstić information content (AvgIpc) is 2.93. The molecule has 0 bridgehead atoms. The van der Waals surface area contributed by atoms with E-state index >= 15 is 0 Å². The topological polar surface area (TPSA) is 43.8 Å². The number of carboxylic acid groups (broad SMARTS) is 1. The molecule has 4 nitrogen and oxygen atoms in total. The molecular weight excluding hydrogens is 276 g/mol. The van der Waals surface area contributed by atoms with Crippen LogP contribution in [0, 0.1) is 5.92 Å². The van der Waals surface area contributed by atoms with Gasteiger partial charge in [-0.3, -0.25) is 9.69 Å². The lowest BCUT2D eigenvalue weighted by atomic mass is 9.94. The fraction of sp³-hybridized carbons (Fsp3) is 0.611. The van der Waals surface area contributed by atoms with E-state index in [1.165, 1.54) is 11.3 Å². The first-order valence-corrected chi connectivity index (χ1v) is 8.48. The number of carbonyl (C=O) groups is 1. The maximum Gasteiger partial charge on any atom is 0.320 e. The Kier molecular flexibility index (Phi) is 4.67. The van der Waals surface area contributed by atoms with Gasteiger partial charge < -0.3 is 10.0 Å². The van der Waals surface area contributed by atoms with Crippen LogP contribution in [0.15, 0.2) is 24.3 Å². The van der Waals surface area contributed by atoms with Crippen molar-refractivity contribution in [2.75, 3.05) is 31.1 Å². The first-order chi connectivity index (χ1) is 10.7. The number of hydrogen-bond donors (Lipinski definition) is 1. The van der Waals surface area contributed by atoms with Gasteiger partial charge in [-0.15, -0.1) is 0 Å². The Morgan fingerprint density at radius 1 is 1.27 bits per heavy atom. The van der Waals surface area contributed by atoms with Crippen LogP contribution in [0.4, 0.5) is 5.69 Å². The zero-order chi connectivity index (χ0) is 15.5. The van der Waals surface area contributed by atoms with E-state index < -0.39 is 5.97 Å². The van der Waals surface area contributed by atoms with Gasteiger partial charge in [-0.1, -0.05) is 25.1 Å². The number of benzene rings is 1. The van der Waals surface area contributed by atoms with Crippen LogP contribution in [0.2, 0.25) is 0 Å². The van der Waals surface area contributed by atoms with Crippen molar-refractivity contribution in [3.63, 3.8) is 0 Å². The van der Waals surface area contributed by atoms with Gasteiger partial charge in [-0.25, -0.2) is 0 Å². The molecule has 4 heteroatoms. The van der Waals surface area contributed by atoms with Gasteiger partial charge in [0, 0.05) is 18.8 Å². The maximum atomic E-state index is 11.3. The Bertz CT molecular complexity index is 524. The van der Waals surface area contributed by atoms with Gasteiger partial charge in [0.05, 0.1) is 0 Å². The number of rotatable bonds is 5. The molecule has 2 aliphatic heterocycles. The molecule has 0 aromatic heterocycles. The molecular formula is C18H26N2O2. The highest BCUT2D eigenvalue weighted by Gasteiger charge is 2.30. The van der Waals surface area contributed by atoms with E-state index in [0.717, 1.165) is 45.4 Å². The lowest BCUT2D eigenvalue weighted by Gasteiger charge is -2.37. The number of hydrogen-bond acceptors (Lipinski definition) is 3. The van der Waals surface area contributed by atoms with Crippen molar-refractivity contribution in [1.29, 1.82) is 0 Å². The van der Waals surface area contributed by atoms with E-state index in [9.17, 15) is 9.90 Å². The third-order valence-corrected chi connectivity index (χ3v) is 5.22. The van der Waals surface area contributed by atoms with E-state index in [4.69, 9.17) is 0 Å². The SMILES string of the molecule is CCC(C(=O)O)N1CCC(CN2CCc3ccccc32)CC1. The van der Waals surface area contributed by atoms with Crippen molar-refractivity contribution < 1.29 is 9.90 Å². The van der Waals surface area contributed by atoms with E-state index in [0.29, 0.717) is 12.3 Å². The van der Waals surface area contributed by atoms with Crippen LogP contribution in [-0.2, 0) is 11.2 Å². The monoisotopic (exact) mass is 302 g/mol. The molecule has 1 saturated heterocycles. The van der Waals surface area contributed by atoms with Gasteiger partial charge in [-0.2, -0.15) is 0 Å². The number of fused-ring (bicyclic) bond motifs is 1. The van der Waals surface area contributed by atoms with Crippen molar-refractivity contribution in [3.05, 3.63) is 29.8 Å². The fourth-order valence-electron chi connectivity index (χ4n) is 3.94. The highest BCUT2D eigenvalue weighted by Crippen LogP contribution is 2.30. The molecule has 1 aromatic carbocycles. The van der Waals surface area contributed by atoms with Crippen molar-refractivity contribution in [3.8, 4) is 0 Å². The summed E-state index contributed by atoms with van der Waals surface area (Å²) >= 11 is 0. The second-order valence-corrected chi connectivity index (χ2v) is 6.57. The van der Waals surface area contributed by atoms with Crippen LogP contribution >= 0.6 is 0 Å². The van der Waals surface area contributed by atoms with Gasteiger partial charge in [-0.05, 0) is 56.3 Å². The summed E-state index contributed by atoms with van der Waals surface area (Å²) < 4.78 is 0. The highest BCUT2D eigenvalue weighted by atomic mass is 16.4. The third kappa shape index (κ3) is 3.12. The number of likely N-dealkylation sites (tertiary alicyclic amines) is 1. The molecule has 2 aliphatic rings. The summed E-state index contributed by atoms with van der Waals surface area (Å²) in [5.41, 5.74) is 2.87. The molecule has 120 valence electrons. The minimum Gasteiger partial charge on any atom is -0.480 e. The Morgan fingerprint density at radius 3 is 2.68 bits per heavy atom. The Labute approximate surface area is 132 Å². The summed E-state index contributed by atoms with van der Waals surface area (Å²) in [5, 5.41) is 9.28. The molecule has 1 aromatic rings. The second-order valence-electron chi connectivity index (χ2n) is 6.57. The number of nitrogens with zero attached hydrogens (tertiary/aromatic N) is 2. The molecule has 22 heavy (non-hydrogen) atoms. The van der Waals surface area contributed by atoms with Gasteiger partial charge >= 0.3 is 5.97 Å². The highest BCUT2D eigenvalue weighted by molar-refractivity contribution is 5.73. The Balaban J connectivity index is 1.54. The first-order valence-electron chi connectivity index (χ1n) is 8.48. The summed E-state index contributed by atoms with van der Waals surface area (Å²) in [4.78, 5) is 15.9.